The fourth-order valence-corrected chi connectivity index (χ4v) is 2.84. The zero-order valence-corrected chi connectivity index (χ0v) is 11.1. The smallest absolute Gasteiger partial charge is 0.230 e. The lowest BCUT2D eigenvalue weighted by Gasteiger charge is -2.17. The van der Waals surface area contributed by atoms with E-state index in [-0.39, 0.29) is 0 Å². The maximum atomic E-state index is 5.45. The molecule has 0 saturated heterocycles. The van der Waals surface area contributed by atoms with Crippen molar-refractivity contribution in [3.05, 3.63) is 30.5 Å². The van der Waals surface area contributed by atoms with Crippen LogP contribution in [-0.2, 0) is 0 Å². The topological polar surface area (TPSA) is 69.1 Å². The van der Waals surface area contributed by atoms with E-state index in [0.717, 1.165) is 29.9 Å². The number of hydrogen-bond donors (Lipinski definition) is 0. The molecule has 0 aromatic carbocycles. The van der Waals surface area contributed by atoms with E-state index in [1.54, 1.807) is 16.9 Å². The predicted molar refractivity (Wildman–Crippen MR) is 72.1 cm³/mol. The van der Waals surface area contributed by atoms with Crippen LogP contribution >= 0.6 is 0 Å². The van der Waals surface area contributed by atoms with Crippen molar-refractivity contribution in [1.29, 1.82) is 0 Å². The van der Waals surface area contributed by atoms with Crippen molar-refractivity contribution in [3.8, 4) is 11.4 Å². The van der Waals surface area contributed by atoms with Gasteiger partial charge in [0.1, 0.15) is 0 Å². The third-order valence-corrected chi connectivity index (χ3v) is 3.92. The molecule has 0 aliphatic heterocycles. The molecule has 6 heteroatoms. The Morgan fingerprint density at radius 1 is 1.20 bits per heavy atom. The summed E-state index contributed by atoms with van der Waals surface area (Å²) in [5.74, 6) is 1.76. The van der Waals surface area contributed by atoms with Crippen molar-refractivity contribution >= 4 is 5.65 Å². The summed E-state index contributed by atoms with van der Waals surface area (Å²) in [6.45, 7) is 0. The second-order valence-corrected chi connectivity index (χ2v) is 5.24. The van der Waals surface area contributed by atoms with Crippen LogP contribution in [0, 0.1) is 0 Å². The highest BCUT2D eigenvalue weighted by molar-refractivity contribution is 5.71. The first-order valence-electron chi connectivity index (χ1n) is 7.04. The summed E-state index contributed by atoms with van der Waals surface area (Å²) in [6, 6.07) is 1.84. The monoisotopic (exact) mass is 269 g/mol. The summed E-state index contributed by atoms with van der Waals surface area (Å²) in [4.78, 5) is 8.87. The van der Waals surface area contributed by atoms with E-state index in [1.807, 2.05) is 12.3 Å². The van der Waals surface area contributed by atoms with Gasteiger partial charge in [-0.3, -0.25) is 0 Å². The molecule has 4 rings (SSSR count). The summed E-state index contributed by atoms with van der Waals surface area (Å²) >= 11 is 0. The van der Waals surface area contributed by atoms with E-state index in [2.05, 4.69) is 20.2 Å². The Balaban J connectivity index is 1.70. The molecule has 1 saturated carbocycles. The summed E-state index contributed by atoms with van der Waals surface area (Å²) in [6.07, 6.45) is 11.4. The average Bonchev–Trinajstić information content (AvgIpc) is 3.14. The zero-order valence-electron chi connectivity index (χ0n) is 11.1. The highest BCUT2D eigenvalue weighted by Crippen LogP contribution is 2.32. The molecule has 0 spiro atoms. The van der Waals surface area contributed by atoms with Gasteiger partial charge in [0, 0.05) is 18.3 Å². The van der Waals surface area contributed by atoms with Crippen LogP contribution in [0.25, 0.3) is 17.0 Å². The molecule has 0 bridgehead atoms. The third kappa shape index (κ3) is 1.88. The van der Waals surface area contributed by atoms with Crippen LogP contribution in [0.4, 0.5) is 0 Å². The molecule has 1 aliphatic carbocycles. The fourth-order valence-electron chi connectivity index (χ4n) is 2.84. The zero-order chi connectivity index (χ0) is 13.4. The third-order valence-electron chi connectivity index (χ3n) is 3.92. The van der Waals surface area contributed by atoms with Crippen LogP contribution in [0.1, 0.15) is 43.9 Å². The van der Waals surface area contributed by atoms with Crippen molar-refractivity contribution < 1.29 is 4.52 Å². The molecule has 0 radical (unpaired) electrons. The molecule has 102 valence electrons. The van der Waals surface area contributed by atoms with E-state index in [9.17, 15) is 0 Å². The second-order valence-electron chi connectivity index (χ2n) is 5.24. The van der Waals surface area contributed by atoms with Crippen LogP contribution < -0.4 is 0 Å². The van der Waals surface area contributed by atoms with Gasteiger partial charge in [-0.1, -0.05) is 24.4 Å². The van der Waals surface area contributed by atoms with Crippen LogP contribution in [0.2, 0.25) is 0 Å². The largest absolute Gasteiger partial charge is 0.339 e. The molecular weight excluding hydrogens is 254 g/mol. The van der Waals surface area contributed by atoms with Crippen molar-refractivity contribution in [2.75, 3.05) is 0 Å². The van der Waals surface area contributed by atoms with Gasteiger partial charge in [-0.15, -0.1) is 0 Å². The SMILES string of the molecule is c1cnc2c(-c3noc(C4CCCCC4)n3)cnn2c1. The van der Waals surface area contributed by atoms with E-state index in [1.165, 1.54) is 19.3 Å². The fraction of sp³-hybridized carbons (Fsp3) is 0.429. The lowest BCUT2D eigenvalue weighted by molar-refractivity contribution is 0.314. The summed E-state index contributed by atoms with van der Waals surface area (Å²) < 4.78 is 7.17. The van der Waals surface area contributed by atoms with Gasteiger partial charge in [0.05, 0.1) is 11.8 Å². The number of fused-ring (bicyclic) bond motifs is 1. The van der Waals surface area contributed by atoms with E-state index >= 15 is 0 Å². The molecule has 3 aromatic rings. The Morgan fingerprint density at radius 3 is 3.00 bits per heavy atom. The van der Waals surface area contributed by atoms with E-state index in [0.29, 0.717) is 11.7 Å². The lowest BCUT2D eigenvalue weighted by atomic mass is 9.89. The maximum absolute atomic E-state index is 5.45. The number of nitrogens with zero attached hydrogens (tertiary/aromatic N) is 5. The van der Waals surface area contributed by atoms with Crippen molar-refractivity contribution in [2.24, 2.45) is 0 Å². The second kappa shape index (κ2) is 4.70. The van der Waals surface area contributed by atoms with Gasteiger partial charge >= 0.3 is 0 Å². The highest BCUT2D eigenvalue weighted by atomic mass is 16.5. The van der Waals surface area contributed by atoms with Crippen LogP contribution in [0.5, 0.6) is 0 Å². The molecule has 6 nitrogen and oxygen atoms in total. The quantitative estimate of drug-likeness (QED) is 0.715. The molecular formula is C14H15N5O. The molecule has 0 N–H and O–H groups in total. The molecule has 1 aliphatic rings. The summed E-state index contributed by atoms with van der Waals surface area (Å²) in [5, 5.41) is 8.35. The van der Waals surface area contributed by atoms with Gasteiger partial charge in [0.2, 0.25) is 11.7 Å². The molecule has 0 atom stereocenters. The molecule has 1 fully saturated rings. The molecule has 3 aromatic heterocycles. The predicted octanol–water partition coefficient (Wildman–Crippen LogP) is 2.83. The standard InChI is InChI=1S/C14H15N5O/c1-2-5-10(6-3-1)14-17-12(18-20-14)11-9-16-19-8-4-7-15-13(11)19/h4,7-10H,1-3,5-6H2. The number of aromatic nitrogens is 5. The Morgan fingerprint density at radius 2 is 2.10 bits per heavy atom. The van der Waals surface area contributed by atoms with Crippen molar-refractivity contribution in [3.63, 3.8) is 0 Å². The van der Waals surface area contributed by atoms with Crippen LogP contribution in [0.15, 0.2) is 29.2 Å². The Labute approximate surface area is 115 Å². The number of hydrogen-bond acceptors (Lipinski definition) is 5. The van der Waals surface area contributed by atoms with Crippen LogP contribution in [0.3, 0.4) is 0 Å². The van der Waals surface area contributed by atoms with Gasteiger partial charge in [-0.25, -0.2) is 9.50 Å². The minimum atomic E-state index is 0.416. The normalized spacial score (nSPS) is 16.8. The highest BCUT2D eigenvalue weighted by Gasteiger charge is 2.23. The Bertz CT molecular complexity index is 726. The van der Waals surface area contributed by atoms with Gasteiger partial charge in [-0.05, 0) is 18.9 Å². The Kier molecular flexibility index (Phi) is 2.72. The van der Waals surface area contributed by atoms with Crippen molar-refractivity contribution in [2.45, 2.75) is 38.0 Å². The minimum Gasteiger partial charge on any atom is -0.339 e. The first-order valence-corrected chi connectivity index (χ1v) is 7.04. The minimum absolute atomic E-state index is 0.416. The lowest BCUT2D eigenvalue weighted by Crippen LogP contribution is -2.04. The summed E-state index contributed by atoms with van der Waals surface area (Å²) in [5.41, 5.74) is 1.57. The molecule has 20 heavy (non-hydrogen) atoms. The molecule has 0 amide bonds. The first-order chi connectivity index (χ1) is 9.92. The van der Waals surface area contributed by atoms with Crippen molar-refractivity contribution in [1.82, 2.24) is 24.7 Å². The van der Waals surface area contributed by atoms with Gasteiger partial charge < -0.3 is 4.52 Å². The van der Waals surface area contributed by atoms with E-state index in [4.69, 9.17) is 4.52 Å². The Hall–Kier alpha value is -2.24. The van der Waals surface area contributed by atoms with Gasteiger partial charge in [0.15, 0.2) is 5.65 Å². The average molecular weight is 269 g/mol. The molecule has 3 heterocycles. The number of rotatable bonds is 2. The summed E-state index contributed by atoms with van der Waals surface area (Å²) in [7, 11) is 0. The first kappa shape index (κ1) is 11.6. The van der Waals surface area contributed by atoms with Crippen LogP contribution in [-0.4, -0.2) is 24.7 Å². The molecule has 0 unspecified atom stereocenters. The van der Waals surface area contributed by atoms with E-state index < -0.39 is 0 Å². The van der Waals surface area contributed by atoms with Gasteiger partial charge in [0.25, 0.3) is 0 Å². The maximum Gasteiger partial charge on any atom is 0.230 e. The van der Waals surface area contributed by atoms with Gasteiger partial charge in [-0.2, -0.15) is 10.1 Å².